The van der Waals surface area contributed by atoms with Gasteiger partial charge in [-0.25, -0.2) is 9.78 Å². The van der Waals surface area contributed by atoms with Crippen molar-refractivity contribution in [1.82, 2.24) is 15.6 Å². The van der Waals surface area contributed by atoms with Crippen LogP contribution in [0.1, 0.15) is 16.8 Å². The van der Waals surface area contributed by atoms with Crippen LogP contribution in [-0.4, -0.2) is 35.8 Å². The van der Waals surface area contributed by atoms with E-state index in [2.05, 4.69) is 31.5 Å². The van der Waals surface area contributed by atoms with Crippen LogP contribution in [0.5, 0.6) is 0 Å². The Morgan fingerprint density at radius 1 is 1.26 bits per heavy atom. The Morgan fingerprint density at radius 2 is 2.07 bits per heavy atom. The minimum absolute atomic E-state index is 0.0653. The Bertz CT molecular complexity index is 875. The normalized spacial score (nSPS) is 13.1. The molecule has 0 aliphatic carbocycles. The smallest absolute Gasteiger partial charge is 0.322 e. The first kappa shape index (κ1) is 19.7. The molecule has 2 N–H and O–H groups in total. The molecule has 1 aromatic heterocycles. The maximum absolute atomic E-state index is 12.6. The van der Waals surface area contributed by atoms with Gasteiger partial charge in [-0.1, -0.05) is 28.1 Å². The SMILES string of the molecule is Cc1cc(C)c2c(n1)SCCN2C(=O)NCC(=O)NCc1cccc(Br)c1. The predicted octanol–water partition coefficient (Wildman–Crippen LogP) is 3.40. The molecule has 0 unspecified atom stereocenters. The molecule has 0 radical (unpaired) electrons. The van der Waals surface area contributed by atoms with Crippen LogP contribution < -0.4 is 15.5 Å². The summed E-state index contributed by atoms with van der Waals surface area (Å²) in [5.74, 6) is 0.555. The van der Waals surface area contributed by atoms with E-state index in [1.165, 1.54) is 0 Å². The number of anilines is 1. The molecule has 3 rings (SSSR count). The van der Waals surface area contributed by atoms with Crippen molar-refractivity contribution in [3.63, 3.8) is 0 Å². The first-order valence-electron chi connectivity index (χ1n) is 8.61. The third-order valence-electron chi connectivity index (χ3n) is 4.13. The lowest BCUT2D eigenvalue weighted by Crippen LogP contribution is -2.46. The molecule has 3 amide bonds. The van der Waals surface area contributed by atoms with E-state index in [9.17, 15) is 9.59 Å². The van der Waals surface area contributed by atoms with Gasteiger partial charge in [0.15, 0.2) is 0 Å². The highest BCUT2D eigenvalue weighted by molar-refractivity contribution is 9.10. The number of hydrogen-bond acceptors (Lipinski definition) is 4. The van der Waals surface area contributed by atoms with Crippen LogP contribution in [0.4, 0.5) is 10.5 Å². The topological polar surface area (TPSA) is 74.3 Å². The lowest BCUT2D eigenvalue weighted by Gasteiger charge is -2.30. The van der Waals surface area contributed by atoms with Crippen molar-refractivity contribution in [3.05, 3.63) is 51.6 Å². The second-order valence-corrected chi connectivity index (χ2v) is 8.30. The number of hydrogen-bond donors (Lipinski definition) is 2. The first-order chi connectivity index (χ1) is 12.9. The Kier molecular flexibility index (Phi) is 6.38. The van der Waals surface area contributed by atoms with Crippen molar-refractivity contribution in [2.45, 2.75) is 25.4 Å². The number of halogens is 1. The summed E-state index contributed by atoms with van der Waals surface area (Å²) >= 11 is 5.06. The van der Waals surface area contributed by atoms with E-state index in [-0.39, 0.29) is 18.5 Å². The maximum Gasteiger partial charge on any atom is 0.322 e. The van der Waals surface area contributed by atoms with Gasteiger partial charge in [0.05, 0.1) is 12.2 Å². The first-order valence-corrected chi connectivity index (χ1v) is 10.4. The number of rotatable bonds is 4. The zero-order valence-corrected chi connectivity index (χ0v) is 17.6. The molecule has 0 atom stereocenters. The number of aryl methyl sites for hydroxylation is 2. The minimum Gasteiger partial charge on any atom is -0.350 e. The van der Waals surface area contributed by atoms with E-state index in [0.717, 1.165) is 37.8 Å². The van der Waals surface area contributed by atoms with E-state index in [1.54, 1.807) is 16.7 Å². The third kappa shape index (κ3) is 5.01. The molecule has 1 aliphatic heterocycles. The summed E-state index contributed by atoms with van der Waals surface area (Å²) in [6.45, 7) is 4.87. The molecule has 0 fully saturated rings. The fourth-order valence-electron chi connectivity index (χ4n) is 2.93. The number of carbonyl (C=O) groups excluding carboxylic acids is 2. The number of fused-ring (bicyclic) bond motifs is 1. The van der Waals surface area contributed by atoms with Gasteiger partial charge in [0, 0.05) is 29.0 Å². The minimum atomic E-state index is -0.275. The molecular formula is C19H21BrN4O2S. The number of amides is 3. The fourth-order valence-corrected chi connectivity index (χ4v) is 4.46. The van der Waals surface area contributed by atoms with Gasteiger partial charge in [-0.2, -0.15) is 0 Å². The molecular weight excluding hydrogens is 428 g/mol. The number of urea groups is 1. The lowest BCUT2D eigenvalue weighted by atomic mass is 10.2. The number of thioether (sulfide) groups is 1. The molecule has 6 nitrogen and oxygen atoms in total. The summed E-state index contributed by atoms with van der Waals surface area (Å²) < 4.78 is 0.961. The number of nitrogens with one attached hydrogen (secondary N) is 2. The molecule has 0 bridgehead atoms. The van der Waals surface area contributed by atoms with Crippen molar-refractivity contribution in [1.29, 1.82) is 0 Å². The van der Waals surface area contributed by atoms with E-state index in [4.69, 9.17) is 0 Å². The van der Waals surface area contributed by atoms with Gasteiger partial charge in [0.2, 0.25) is 5.91 Å². The van der Waals surface area contributed by atoms with Crippen LogP contribution in [0.3, 0.4) is 0 Å². The van der Waals surface area contributed by atoms with E-state index in [1.807, 2.05) is 44.2 Å². The molecule has 8 heteroatoms. The number of aromatic nitrogens is 1. The molecule has 2 aromatic rings. The van der Waals surface area contributed by atoms with Crippen LogP contribution in [0.15, 0.2) is 39.8 Å². The molecule has 142 valence electrons. The van der Waals surface area contributed by atoms with E-state index >= 15 is 0 Å². The van der Waals surface area contributed by atoms with Crippen LogP contribution in [0.25, 0.3) is 0 Å². The predicted molar refractivity (Wildman–Crippen MR) is 111 cm³/mol. The van der Waals surface area contributed by atoms with Crippen molar-refractivity contribution in [3.8, 4) is 0 Å². The number of benzene rings is 1. The zero-order valence-electron chi connectivity index (χ0n) is 15.2. The van der Waals surface area contributed by atoms with Gasteiger partial charge >= 0.3 is 6.03 Å². The summed E-state index contributed by atoms with van der Waals surface area (Å²) in [4.78, 5) is 30.9. The molecule has 0 saturated heterocycles. The second-order valence-electron chi connectivity index (χ2n) is 6.30. The van der Waals surface area contributed by atoms with Crippen LogP contribution in [0, 0.1) is 13.8 Å². The number of nitrogens with zero attached hydrogens (tertiary/aromatic N) is 2. The molecule has 2 heterocycles. The number of pyridine rings is 1. The molecule has 0 spiro atoms. The summed E-state index contributed by atoms with van der Waals surface area (Å²) in [6, 6.07) is 9.41. The monoisotopic (exact) mass is 448 g/mol. The Hall–Kier alpha value is -2.06. The van der Waals surface area contributed by atoms with Gasteiger partial charge < -0.3 is 10.6 Å². The highest BCUT2D eigenvalue weighted by Gasteiger charge is 2.26. The van der Waals surface area contributed by atoms with Crippen LogP contribution in [-0.2, 0) is 11.3 Å². The Balaban J connectivity index is 1.56. The Labute approximate surface area is 171 Å². The maximum atomic E-state index is 12.6. The molecule has 27 heavy (non-hydrogen) atoms. The van der Waals surface area contributed by atoms with Crippen LogP contribution in [0.2, 0.25) is 0 Å². The van der Waals surface area contributed by atoms with Gasteiger partial charge in [0.25, 0.3) is 0 Å². The summed E-state index contributed by atoms with van der Waals surface area (Å²) in [7, 11) is 0. The molecule has 1 aromatic carbocycles. The summed E-state index contributed by atoms with van der Waals surface area (Å²) in [6.07, 6.45) is 0. The van der Waals surface area contributed by atoms with Gasteiger partial charge in [0.1, 0.15) is 5.03 Å². The highest BCUT2D eigenvalue weighted by Crippen LogP contribution is 2.36. The van der Waals surface area contributed by atoms with E-state index in [0.29, 0.717) is 13.1 Å². The lowest BCUT2D eigenvalue weighted by molar-refractivity contribution is -0.120. The van der Waals surface area contributed by atoms with Crippen molar-refractivity contribution in [2.24, 2.45) is 0 Å². The average molecular weight is 449 g/mol. The van der Waals surface area contributed by atoms with Gasteiger partial charge in [-0.05, 0) is 43.2 Å². The van der Waals surface area contributed by atoms with Crippen molar-refractivity contribution < 1.29 is 9.59 Å². The zero-order chi connectivity index (χ0) is 19.4. The van der Waals surface area contributed by atoms with Crippen LogP contribution >= 0.6 is 27.7 Å². The van der Waals surface area contributed by atoms with E-state index < -0.39 is 0 Å². The number of carbonyl (C=O) groups is 2. The summed E-state index contributed by atoms with van der Waals surface area (Å²) in [5, 5.41) is 6.39. The van der Waals surface area contributed by atoms with Crippen molar-refractivity contribution in [2.75, 3.05) is 23.7 Å². The molecule has 1 aliphatic rings. The highest BCUT2D eigenvalue weighted by atomic mass is 79.9. The third-order valence-corrected chi connectivity index (χ3v) is 5.57. The standard InChI is InChI=1S/C19H21BrN4O2S/c1-12-8-13(2)23-18-17(12)24(6-7-27-18)19(26)22-11-16(25)21-10-14-4-3-5-15(20)9-14/h3-5,8-9H,6-7,10-11H2,1-2H3,(H,21,25)(H,22,26). The summed E-state index contributed by atoms with van der Waals surface area (Å²) in [5.41, 5.74) is 3.78. The second kappa shape index (κ2) is 8.75. The Morgan fingerprint density at radius 3 is 2.85 bits per heavy atom. The largest absolute Gasteiger partial charge is 0.350 e. The fraction of sp³-hybridized carbons (Fsp3) is 0.316. The quantitative estimate of drug-likeness (QED) is 0.751. The van der Waals surface area contributed by atoms with Gasteiger partial charge in [-0.15, -0.1) is 11.8 Å². The molecule has 0 saturated carbocycles. The van der Waals surface area contributed by atoms with Crippen molar-refractivity contribution >= 4 is 45.3 Å². The van der Waals surface area contributed by atoms with Gasteiger partial charge in [-0.3, -0.25) is 9.69 Å². The average Bonchev–Trinajstić information content (AvgIpc) is 2.63.